The van der Waals surface area contributed by atoms with Gasteiger partial charge < -0.3 is 9.73 Å². The highest BCUT2D eigenvalue weighted by molar-refractivity contribution is 7.98. The number of fused-ring (bicyclic) bond motifs is 1. The minimum absolute atomic E-state index is 0.165. The van der Waals surface area contributed by atoms with Gasteiger partial charge in [-0.05, 0) is 42.7 Å². The molecule has 0 unspecified atom stereocenters. The number of carbonyl (C=O) groups excluding carboxylic acids is 1. The minimum Gasteiger partial charge on any atom is -0.408 e. The standard InChI is InChI=1S/C17H15ClN2O3S/c1-24-13-5-3-12(4-6-13)19-16(21)8-9-20-14-7-2-11(18)10-15(14)23-17(20)22/h2-7,10H,8-9H2,1H3,(H,19,21). The maximum Gasteiger partial charge on any atom is 0.419 e. The number of nitrogens with one attached hydrogen (secondary N) is 1. The van der Waals surface area contributed by atoms with E-state index in [4.69, 9.17) is 16.0 Å². The van der Waals surface area contributed by atoms with Gasteiger partial charge in [0.05, 0.1) is 5.52 Å². The normalized spacial score (nSPS) is 10.9. The van der Waals surface area contributed by atoms with Crippen LogP contribution < -0.4 is 11.1 Å². The van der Waals surface area contributed by atoms with Crippen LogP contribution in [0.1, 0.15) is 6.42 Å². The predicted octanol–water partition coefficient (Wildman–Crippen LogP) is 4.00. The lowest BCUT2D eigenvalue weighted by molar-refractivity contribution is -0.116. The Balaban J connectivity index is 1.68. The van der Waals surface area contributed by atoms with Crippen LogP contribution in [0.25, 0.3) is 11.1 Å². The van der Waals surface area contributed by atoms with Crippen molar-refractivity contribution in [2.75, 3.05) is 11.6 Å². The molecule has 3 aromatic rings. The zero-order valence-corrected chi connectivity index (χ0v) is 14.5. The molecule has 0 fully saturated rings. The van der Waals surface area contributed by atoms with Gasteiger partial charge in [0.2, 0.25) is 5.91 Å². The number of hydrogen-bond acceptors (Lipinski definition) is 4. The van der Waals surface area contributed by atoms with Crippen LogP contribution in [0, 0.1) is 0 Å². The van der Waals surface area contributed by atoms with Crippen molar-refractivity contribution >= 4 is 46.1 Å². The van der Waals surface area contributed by atoms with E-state index < -0.39 is 5.76 Å². The van der Waals surface area contributed by atoms with Crippen LogP contribution in [0.4, 0.5) is 5.69 Å². The zero-order valence-electron chi connectivity index (χ0n) is 12.9. The van der Waals surface area contributed by atoms with E-state index >= 15 is 0 Å². The number of aryl methyl sites for hydroxylation is 1. The fraction of sp³-hybridized carbons (Fsp3) is 0.176. The number of thioether (sulfide) groups is 1. The van der Waals surface area contributed by atoms with Crippen molar-refractivity contribution in [3.05, 3.63) is 58.0 Å². The summed E-state index contributed by atoms with van der Waals surface area (Å²) in [5.41, 5.74) is 1.77. The van der Waals surface area contributed by atoms with E-state index in [1.807, 2.05) is 30.5 Å². The number of nitrogens with zero attached hydrogens (tertiary/aromatic N) is 1. The monoisotopic (exact) mass is 362 g/mol. The summed E-state index contributed by atoms with van der Waals surface area (Å²) in [7, 11) is 0. The molecule has 0 saturated heterocycles. The number of carbonyl (C=O) groups is 1. The topological polar surface area (TPSA) is 64.2 Å². The predicted molar refractivity (Wildman–Crippen MR) is 97.0 cm³/mol. The van der Waals surface area contributed by atoms with E-state index in [2.05, 4.69) is 5.32 Å². The number of rotatable bonds is 5. The molecule has 7 heteroatoms. The lowest BCUT2D eigenvalue weighted by Crippen LogP contribution is -2.19. The Hall–Kier alpha value is -2.18. The summed E-state index contributed by atoms with van der Waals surface area (Å²) in [5.74, 6) is -0.661. The van der Waals surface area contributed by atoms with Gasteiger partial charge in [-0.3, -0.25) is 9.36 Å². The molecule has 0 atom stereocenters. The summed E-state index contributed by atoms with van der Waals surface area (Å²) >= 11 is 7.52. The molecule has 1 aromatic heterocycles. The first kappa shape index (κ1) is 16.7. The molecule has 3 rings (SSSR count). The van der Waals surface area contributed by atoms with Crippen molar-refractivity contribution in [1.82, 2.24) is 4.57 Å². The maximum absolute atomic E-state index is 12.1. The van der Waals surface area contributed by atoms with Gasteiger partial charge in [0.25, 0.3) is 0 Å². The van der Waals surface area contributed by atoms with E-state index in [0.29, 0.717) is 16.1 Å². The Morgan fingerprint density at radius 3 is 2.71 bits per heavy atom. The largest absolute Gasteiger partial charge is 0.419 e. The van der Waals surface area contributed by atoms with Crippen LogP contribution in [0.15, 0.2) is 56.6 Å². The van der Waals surface area contributed by atoms with Gasteiger partial charge in [-0.1, -0.05) is 11.6 Å². The van der Waals surface area contributed by atoms with E-state index in [1.54, 1.807) is 30.0 Å². The van der Waals surface area contributed by atoms with Gasteiger partial charge in [-0.25, -0.2) is 4.79 Å². The van der Waals surface area contributed by atoms with E-state index in [1.165, 1.54) is 4.57 Å². The fourth-order valence-electron chi connectivity index (χ4n) is 2.36. The van der Waals surface area contributed by atoms with Crippen molar-refractivity contribution < 1.29 is 9.21 Å². The molecule has 5 nitrogen and oxygen atoms in total. The molecular weight excluding hydrogens is 348 g/mol. The number of hydrogen-bond donors (Lipinski definition) is 1. The zero-order chi connectivity index (χ0) is 17.1. The molecule has 124 valence electrons. The highest BCUT2D eigenvalue weighted by Crippen LogP contribution is 2.19. The number of anilines is 1. The lowest BCUT2D eigenvalue weighted by atomic mass is 10.3. The first-order chi connectivity index (χ1) is 11.6. The molecule has 0 aliphatic rings. The third kappa shape index (κ3) is 3.66. The average molecular weight is 363 g/mol. The maximum atomic E-state index is 12.1. The summed E-state index contributed by atoms with van der Waals surface area (Å²) < 4.78 is 6.58. The second-order valence-electron chi connectivity index (χ2n) is 5.16. The van der Waals surface area contributed by atoms with Crippen LogP contribution in [-0.4, -0.2) is 16.7 Å². The molecule has 2 aromatic carbocycles. The van der Waals surface area contributed by atoms with Crippen molar-refractivity contribution in [2.24, 2.45) is 0 Å². The van der Waals surface area contributed by atoms with Gasteiger partial charge in [0, 0.05) is 34.6 Å². The lowest BCUT2D eigenvalue weighted by Gasteiger charge is -2.06. The van der Waals surface area contributed by atoms with E-state index in [-0.39, 0.29) is 18.9 Å². The van der Waals surface area contributed by atoms with Gasteiger partial charge in [0.1, 0.15) is 0 Å². The second kappa shape index (κ2) is 7.15. The summed E-state index contributed by atoms with van der Waals surface area (Å²) in [4.78, 5) is 25.1. The number of aromatic nitrogens is 1. The third-order valence-corrected chi connectivity index (χ3v) is 4.55. The van der Waals surface area contributed by atoms with Gasteiger partial charge in [-0.2, -0.15) is 0 Å². The summed E-state index contributed by atoms with van der Waals surface area (Å²) in [6.07, 6.45) is 2.16. The molecule has 0 bridgehead atoms. The number of benzene rings is 2. The smallest absolute Gasteiger partial charge is 0.408 e. The van der Waals surface area contributed by atoms with Crippen LogP contribution >= 0.6 is 23.4 Å². The van der Waals surface area contributed by atoms with Crippen molar-refractivity contribution in [2.45, 2.75) is 17.9 Å². The Morgan fingerprint density at radius 2 is 2.00 bits per heavy atom. The summed E-state index contributed by atoms with van der Waals surface area (Å²) in [6.45, 7) is 0.238. The number of amides is 1. The molecule has 1 amide bonds. The molecule has 0 aliphatic heterocycles. The van der Waals surface area contributed by atoms with E-state index in [0.717, 1.165) is 10.6 Å². The first-order valence-corrected chi connectivity index (χ1v) is 8.90. The molecular formula is C17H15ClN2O3S. The highest BCUT2D eigenvalue weighted by Gasteiger charge is 2.11. The number of oxazole rings is 1. The van der Waals surface area contributed by atoms with E-state index in [9.17, 15) is 9.59 Å². The van der Waals surface area contributed by atoms with Crippen molar-refractivity contribution in [1.29, 1.82) is 0 Å². The molecule has 0 radical (unpaired) electrons. The van der Waals surface area contributed by atoms with Gasteiger partial charge in [-0.15, -0.1) is 11.8 Å². The third-order valence-electron chi connectivity index (χ3n) is 3.57. The van der Waals surface area contributed by atoms with Gasteiger partial charge >= 0.3 is 5.76 Å². The Bertz CT molecular complexity index is 931. The molecule has 1 heterocycles. The fourth-order valence-corrected chi connectivity index (χ4v) is 2.93. The minimum atomic E-state index is -0.496. The Morgan fingerprint density at radius 1 is 1.25 bits per heavy atom. The van der Waals surface area contributed by atoms with Crippen LogP contribution in [0.2, 0.25) is 5.02 Å². The second-order valence-corrected chi connectivity index (χ2v) is 6.47. The van der Waals surface area contributed by atoms with Crippen molar-refractivity contribution in [3.8, 4) is 0 Å². The Labute approximate surface area is 147 Å². The molecule has 24 heavy (non-hydrogen) atoms. The molecule has 0 saturated carbocycles. The average Bonchev–Trinajstić information content (AvgIpc) is 2.88. The van der Waals surface area contributed by atoms with Crippen LogP contribution in [-0.2, 0) is 11.3 Å². The quantitative estimate of drug-likeness (QED) is 0.697. The molecule has 0 aliphatic carbocycles. The van der Waals surface area contributed by atoms with Crippen LogP contribution in [0.5, 0.6) is 0 Å². The summed E-state index contributed by atoms with van der Waals surface area (Å²) in [5, 5.41) is 3.31. The van der Waals surface area contributed by atoms with Crippen molar-refractivity contribution in [3.63, 3.8) is 0 Å². The number of halogens is 1. The van der Waals surface area contributed by atoms with Crippen LogP contribution in [0.3, 0.4) is 0 Å². The SMILES string of the molecule is CSc1ccc(NC(=O)CCn2c(=O)oc3cc(Cl)ccc32)cc1. The van der Waals surface area contributed by atoms with Gasteiger partial charge in [0.15, 0.2) is 5.58 Å². The highest BCUT2D eigenvalue weighted by atomic mass is 35.5. The Kier molecular flexibility index (Phi) is 4.97. The molecule has 1 N–H and O–H groups in total. The summed E-state index contributed by atoms with van der Waals surface area (Å²) in [6, 6.07) is 12.6. The first-order valence-electron chi connectivity index (χ1n) is 7.29. The molecule has 0 spiro atoms.